The minimum absolute atomic E-state index is 0. The Labute approximate surface area is 248 Å². The first-order chi connectivity index (χ1) is 19.9. The molecule has 0 unspecified atom stereocenters. The molecule has 0 saturated carbocycles. The highest BCUT2D eigenvalue weighted by Gasteiger charge is 2.25. The highest BCUT2D eigenvalue weighted by atomic mass is 35.5. The van der Waals surface area contributed by atoms with Gasteiger partial charge >= 0.3 is 6.03 Å². The van der Waals surface area contributed by atoms with Crippen molar-refractivity contribution in [2.24, 2.45) is 4.99 Å². The molecule has 0 radical (unpaired) electrons. The zero-order valence-corrected chi connectivity index (χ0v) is 22.9. The molecule has 1 aromatic heterocycles. The fourth-order valence-corrected chi connectivity index (χ4v) is 5.07. The number of amides is 2. The second-order valence-corrected chi connectivity index (χ2v) is 10.4. The molecular formula is C31H30ClF2N7O. The summed E-state index contributed by atoms with van der Waals surface area (Å²) in [7, 11) is 2.04. The Hall–Kier alpha value is -4.41. The summed E-state index contributed by atoms with van der Waals surface area (Å²) in [5.74, 6) is -1.09. The van der Waals surface area contributed by atoms with Gasteiger partial charge in [0.1, 0.15) is 11.6 Å². The molecule has 11 heteroatoms. The maximum atomic E-state index is 14.8. The minimum atomic E-state index is -0.711. The van der Waals surface area contributed by atoms with Gasteiger partial charge in [-0.2, -0.15) is 0 Å². The predicted octanol–water partition coefficient (Wildman–Crippen LogP) is 6.59. The summed E-state index contributed by atoms with van der Waals surface area (Å²) in [6.45, 7) is 3.21. The van der Waals surface area contributed by atoms with Crippen LogP contribution in [-0.4, -0.2) is 64.7 Å². The number of piperazine rings is 1. The van der Waals surface area contributed by atoms with Gasteiger partial charge in [-0.25, -0.2) is 23.5 Å². The molecule has 42 heavy (non-hydrogen) atoms. The first-order valence-electron chi connectivity index (χ1n) is 13.1. The summed E-state index contributed by atoms with van der Waals surface area (Å²) in [5.41, 5.74) is 3.75. The molecule has 3 heterocycles. The van der Waals surface area contributed by atoms with Crippen LogP contribution in [0.15, 0.2) is 71.9 Å². The summed E-state index contributed by atoms with van der Waals surface area (Å²) < 4.78 is 29.6. The van der Waals surface area contributed by atoms with Crippen molar-refractivity contribution in [1.82, 2.24) is 19.8 Å². The van der Waals surface area contributed by atoms with E-state index < -0.39 is 11.6 Å². The number of benzene rings is 3. The highest BCUT2D eigenvalue weighted by Crippen LogP contribution is 2.34. The number of nitrogens with zero attached hydrogens (tertiary/aromatic N) is 5. The lowest BCUT2D eigenvalue weighted by Crippen LogP contribution is -2.48. The summed E-state index contributed by atoms with van der Waals surface area (Å²) in [6, 6.07) is 16.0. The zero-order valence-electron chi connectivity index (χ0n) is 22.2. The Balaban J connectivity index is 0.00000353. The van der Waals surface area contributed by atoms with Crippen LogP contribution < -0.4 is 10.6 Å². The molecule has 0 bridgehead atoms. The van der Waals surface area contributed by atoms with Crippen molar-refractivity contribution in [3.63, 3.8) is 0 Å². The highest BCUT2D eigenvalue weighted by molar-refractivity contribution is 6.31. The number of carbonyl (C=O) groups excluding carboxylic acids is 1. The number of halogens is 3. The number of aliphatic imine (C=N–C) groups is 1. The third-order valence-corrected chi connectivity index (χ3v) is 7.38. The van der Waals surface area contributed by atoms with Gasteiger partial charge in [0.05, 0.1) is 23.5 Å². The monoisotopic (exact) mass is 589 g/mol. The maximum absolute atomic E-state index is 14.8. The number of rotatable bonds is 4. The smallest absolute Gasteiger partial charge is 0.321 e. The second-order valence-electron chi connectivity index (χ2n) is 9.94. The van der Waals surface area contributed by atoms with Gasteiger partial charge in [0.15, 0.2) is 0 Å². The van der Waals surface area contributed by atoms with Crippen molar-refractivity contribution in [3.05, 3.63) is 100 Å². The van der Waals surface area contributed by atoms with Gasteiger partial charge in [-0.15, -0.1) is 0 Å². The molecule has 6 rings (SSSR count). The number of likely N-dealkylation sites (N-methyl/N-ethyl adjacent to an activating group) is 1. The van der Waals surface area contributed by atoms with Crippen LogP contribution in [0.2, 0.25) is 5.02 Å². The van der Waals surface area contributed by atoms with Gasteiger partial charge in [0, 0.05) is 65.5 Å². The molecule has 1 saturated heterocycles. The lowest BCUT2D eigenvalue weighted by atomic mass is 9.95. The molecular weight excluding hydrogens is 560 g/mol. The average molecular weight is 590 g/mol. The van der Waals surface area contributed by atoms with Crippen LogP contribution in [0.5, 0.6) is 0 Å². The Morgan fingerprint density at radius 1 is 0.929 bits per heavy atom. The van der Waals surface area contributed by atoms with Crippen LogP contribution in [0.1, 0.15) is 24.1 Å². The van der Waals surface area contributed by atoms with E-state index in [0.717, 1.165) is 18.8 Å². The van der Waals surface area contributed by atoms with E-state index in [4.69, 9.17) is 16.6 Å². The van der Waals surface area contributed by atoms with E-state index in [1.807, 2.05) is 19.2 Å². The molecule has 216 valence electrons. The number of aromatic nitrogens is 2. The molecule has 2 N–H and O–H groups in total. The standard InChI is InChI=1S/C30H26ClF2N7O.CH4/c1-39-11-13-40(14-12-39)30(41)37-21-8-6-20(7-9-21)36-29-35-17-18-16-34-28(26-24(32)3-2-4-25(26)33)23-15-19(31)5-10-22(23)27(18)38-29;/h2-10,15,17H,11-14,16H2,1H3,(H,37,41)(H,35,36,38);1H4. The molecule has 2 amide bonds. The van der Waals surface area contributed by atoms with Crippen LogP contribution in [0.25, 0.3) is 11.3 Å². The zero-order chi connectivity index (χ0) is 28.5. The van der Waals surface area contributed by atoms with Crippen LogP contribution in [0, 0.1) is 11.6 Å². The van der Waals surface area contributed by atoms with Crippen molar-refractivity contribution >= 4 is 40.7 Å². The van der Waals surface area contributed by atoms with E-state index in [0.29, 0.717) is 52.1 Å². The van der Waals surface area contributed by atoms with Gasteiger partial charge in [0.2, 0.25) is 5.95 Å². The van der Waals surface area contributed by atoms with Crippen molar-refractivity contribution in [2.75, 3.05) is 43.9 Å². The predicted molar refractivity (Wildman–Crippen MR) is 163 cm³/mol. The molecule has 0 atom stereocenters. The quantitative estimate of drug-likeness (QED) is 0.281. The SMILES string of the molecule is C.CN1CCN(C(=O)Nc2ccc(Nc3ncc4c(n3)-c3ccc(Cl)cc3C(c3c(F)cccc3F)=NC4)cc2)CC1. The number of nitrogens with one attached hydrogen (secondary N) is 2. The molecule has 8 nitrogen and oxygen atoms in total. The molecule has 0 spiro atoms. The number of fused-ring (bicyclic) bond motifs is 3. The molecule has 2 aliphatic heterocycles. The van der Waals surface area contributed by atoms with E-state index in [9.17, 15) is 13.6 Å². The van der Waals surface area contributed by atoms with Crippen molar-refractivity contribution in [3.8, 4) is 11.3 Å². The first kappa shape index (κ1) is 29.1. The fraction of sp³-hybridized carbons (Fsp3) is 0.226. The normalized spacial score (nSPS) is 14.6. The minimum Gasteiger partial charge on any atom is -0.324 e. The van der Waals surface area contributed by atoms with Gasteiger partial charge < -0.3 is 20.4 Å². The van der Waals surface area contributed by atoms with E-state index in [-0.39, 0.29) is 31.3 Å². The van der Waals surface area contributed by atoms with Crippen molar-refractivity contribution in [2.45, 2.75) is 14.0 Å². The Morgan fingerprint density at radius 3 is 2.33 bits per heavy atom. The van der Waals surface area contributed by atoms with E-state index in [1.54, 1.807) is 41.4 Å². The van der Waals surface area contributed by atoms with Gasteiger partial charge in [-0.1, -0.05) is 31.2 Å². The second kappa shape index (κ2) is 12.2. The maximum Gasteiger partial charge on any atom is 0.321 e. The number of hydrogen-bond acceptors (Lipinski definition) is 6. The Bertz CT molecular complexity index is 1630. The van der Waals surface area contributed by atoms with Gasteiger partial charge in [-0.3, -0.25) is 4.99 Å². The van der Waals surface area contributed by atoms with E-state index in [1.165, 1.54) is 18.2 Å². The average Bonchev–Trinajstić information content (AvgIpc) is 3.11. The van der Waals surface area contributed by atoms with Gasteiger partial charge in [0.25, 0.3) is 0 Å². The van der Waals surface area contributed by atoms with Crippen LogP contribution in [0.4, 0.5) is 30.9 Å². The molecule has 3 aromatic carbocycles. The first-order valence-corrected chi connectivity index (χ1v) is 13.5. The lowest BCUT2D eigenvalue weighted by molar-refractivity contribution is 0.164. The van der Waals surface area contributed by atoms with Crippen LogP contribution in [-0.2, 0) is 6.54 Å². The number of carbonyl (C=O) groups is 1. The number of urea groups is 1. The van der Waals surface area contributed by atoms with E-state index in [2.05, 4.69) is 25.5 Å². The number of hydrogen-bond donors (Lipinski definition) is 2. The Kier molecular flexibility index (Phi) is 8.46. The van der Waals surface area contributed by atoms with E-state index >= 15 is 0 Å². The third-order valence-electron chi connectivity index (χ3n) is 7.15. The number of anilines is 3. The molecule has 1 fully saturated rings. The fourth-order valence-electron chi connectivity index (χ4n) is 4.90. The summed E-state index contributed by atoms with van der Waals surface area (Å²) in [4.78, 5) is 30.3. The van der Waals surface area contributed by atoms with Crippen LogP contribution in [0.3, 0.4) is 0 Å². The Morgan fingerprint density at radius 2 is 1.62 bits per heavy atom. The van der Waals surface area contributed by atoms with Crippen LogP contribution >= 0.6 is 11.6 Å². The topological polar surface area (TPSA) is 85.8 Å². The summed E-state index contributed by atoms with van der Waals surface area (Å²) >= 11 is 6.30. The van der Waals surface area contributed by atoms with Crippen molar-refractivity contribution in [1.29, 1.82) is 0 Å². The lowest BCUT2D eigenvalue weighted by Gasteiger charge is -2.32. The van der Waals surface area contributed by atoms with Gasteiger partial charge in [-0.05, 0) is 55.6 Å². The molecule has 0 aliphatic carbocycles. The largest absolute Gasteiger partial charge is 0.324 e. The molecule has 2 aliphatic rings. The van der Waals surface area contributed by atoms with Crippen molar-refractivity contribution < 1.29 is 13.6 Å². The summed E-state index contributed by atoms with van der Waals surface area (Å²) in [6.07, 6.45) is 1.65. The summed E-state index contributed by atoms with van der Waals surface area (Å²) in [5, 5.41) is 6.54. The molecule has 4 aromatic rings. The third kappa shape index (κ3) is 5.95.